The van der Waals surface area contributed by atoms with Crippen molar-refractivity contribution in [2.45, 2.75) is 128 Å². The molecule has 2 aromatic rings. The molecule has 2 aliphatic rings. The van der Waals surface area contributed by atoms with Crippen molar-refractivity contribution in [3.63, 3.8) is 0 Å². The van der Waals surface area contributed by atoms with Crippen LogP contribution in [0.2, 0.25) is 0 Å². The highest BCUT2D eigenvalue weighted by Crippen LogP contribution is 2.38. The first-order valence-electron chi connectivity index (χ1n) is 17.8. The van der Waals surface area contributed by atoms with Crippen molar-refractivity contribution in [1.29, 1.82) is 0 Å². The summed E-state index contributed by atoms with van der Waals surface area (Å²) >= 11 is 1.44. The van der Waals surface area contributed by atoms with E-state index in [0.29, 0.717) is 30.7 Å². The molecule has 3 N–H and O–H groups in total. The van der Waals surface area contributed by atoms with E-state index in [4.69, 9.17) is 9.15 Å². The number of aldehydes is 1. The molecule has 1 aliphatic heterocycles. The van der Waals surface area contributed by atoms with Gasteiger partial charge in [-0.1, -0.05) is 45.4 Å². The number of benzene rings is 1. The number of aryl methyl sites for hydroxylation is 2. The van der Waals surface area contributed by atoms with Crippen molar-refractivity contribution in [3.05, 3.63) is 35.7 Å². The number of carbonyl (C=O) groups excluding carboxylic acids is 3. The smallest absolute Gasteiger partial charge is 0.407 e. The maximum Gasteiger partial charge on any atom is 0.407 e. The van der Waals surface area contributed by atoms with Gasteiger partial charge in [0.05, 0.1) is 17.8 Å². The third-order valence-electron chi connectivity index (χ3n) is 9.38. The van der Waals surface area contributed by atoms with E-state index in [-0.39, 0.29) is 17.9 Å². The second kappa shape index (κ2) is 19.9. The maximum atomic E-state index is 13.1. The Morgan fingerprint density at radius 1 is 1.12 bits per heavy atom. The van der Waals surface area contributed by atoms with Gasteiger partial charge in [0, 0.05) is 16.5 Å². The van der Waals surface area contributed by atoms with E-state index in [1.165, 1.54) is 44.1 Å². The van der Waals surface area contributed by atoms with Gasteiger partial charge in [0.25, 0.3) is 0 Å². The number of alkyl carbamates (subject to hydrolysis) is 1. The Bertz CT molecular complexity index is 1290. The lowest BCUT2D eigenvalue weighted by atomic mass is 9.76. The molecule has 1 saturated heterocycles. The van der Waals surface area contributed by atoms with Gasteiger partial charge in [-0.2, -0.15) is 4.98 Å². The molecule has 4 atom stereocenters. The third kappa shape index (κ3) is 13.6. The zero-order valence-electron chi connectivity index (χ0n) is 30.5. The molecule has 1 aromatic carbocycles. The number of rotatable bonds is 14. The molecule has 0 bridgehead atoms. The Kier molecular flexibility index (Phi) is 16.4. The normalized spacial score (nSPS) is 19.7. The quantitative estimate of drug-likeness (QED) is 0.131. The predicted octanol–water partition coefficient (Wildman–Crippen LogP) is 8.49. The molecular weight excluding hydrogens is 646 g/mol. The summed E-state index contributed by atoms with van der Waals surface area (Å²) < 4.78 is 26.5. The summed E-state index contributed by atoms with van der Waals surface area (Å²) in [6, 6.07) is 7.85. The zero-order chi connectivity index (χ0) is 36.0. The average Bonchev–Trinajstić information content (AvgIpc) is 3.62. The van der Waals surface area contributed by atoms with Crippen molar-refractivity contribution >= 4 is 41.9 Å². The molecule has 1 saturated carbocycles. The summed E-state index contributed by atoms with van der Waals surface area (Å²) in [5.74, 6) is 2.17. The number of hydrogen-bond acceptors (Lipinski definition) is 9. The van der Waals surface area contributed by atoms with Crippen LogP contribution >= 0.6 is 11.9 Å². The Balaban J connectivity index is 0.000000298. The molecule has 1 aromatic heterocycles. The molecule has 49 heavy (non-hydrogen) atoms. The zero-order valence-corrected chi connectivity index (χ0v) is 31.3. The van der Waals surface area contributed by atoms with Gasteiger partial charge in [-0.3, -0.25) is 14.4 Å². The fourth-order valence-electron chi connectivity index (χ4n) is 6.53. The number of oxazole rings is 1. The summed E-state index contributed by atoms with van der Waals surface area (Å²) in [5.41, 5.74) is 1.14. The van der Waals surface area contributed by atoms with E-state index in [1.54, 1.807) is 20.8 Å². The molecule has 0 spiro atoms. The van der Waals surface area contributed by atoms with Gasteiger partial charge >= 0.3 is 12.1 Å². The van der Waals surface area contributed by atoms with Gasteiger partial charge in [-0.25, -0.2) is 9.18 Å². The first-order valence-corrected chi connectivity index (χ1v) is 18.6. The van der Waals surface area contributed by atoms with Crippen LogP contribution in [0.5, 0.6) is 0 Å². The molecule has 0 radical (unpaired) electrons. The van der Waals surface area contributed by atoms with E-state index in [2.05, 4.69) is 32.3 Å². The molecule has 10 nitrogen and oxygen atoms in total. The van der Waals surface area contributed by atoms with Gasteiger partial charge in [0.2, 0.25) is 5.91 Å². The number of ether oxygens (including phenoxy) is 1. The molecule has 274 valence electrons. The van der Waals surface area contributed by atoms with Gasteiger partial charge in [-0.05, 0) is 122 Å². The number of halogens is 1. The van der Waals surface area contributed by atoms with Gasteiger partial charge < -0.3 is 24.6 Å². The highest BCUT2D eigenvalue weighted by molar-refractivity contribution is 8.00. The lowest BCUT2D eigenvalue weighted by molar-refractivity contribution is -0.121. The number of amides is 2. The van der Waals surface area contributed by atoms with Crippen LogP contribution in [0.1, 0.15) is 103 Å². The number of nitrogens with one attached hydrogen (secondary N) is 3. The molecular formula is C37H58FN5O5S. The summed E-state index contributed by atoms with van der Waals surface area (Å²) in [5, 5.41) is 5.66. The number of carbonyl (C=O) groups is 3. The van der Waals surface area contributed by atoms with E-state index in [9.17, 15) is 18.8 Å². The van der Waals surface area contributed by atoms with Crippen molar-refractivity contribution in [3.8, 4) is 0 Å². The Hall–Kier alpha value is -3.12. The van der Waals surface area contributed by atoms with Crippen LogP contribution in [-0.4, -0.2) is 66.1 Å². The lowest BCUT2D eigenvalue weighted by Crippen LogP contribution is -2.43. The van der Waals surface area contributed by atoms with Gasteiger partial charge in [0.1, 0.15) is 24.3 Å². The van der Waals surface area contributed by atoms with Crippen molar-refractivity contribution < 1.29 is 27.9 Å². The summed E-state index contributed by atoms with van der Waals surface area (Å²) in [6.07, 6.45) is 10.8. The summed E-state index contributed by atoms with van der Waals surface area (Å²) in [6.45, 7) is 11.4. The minimum atomic E-state index is -0.628. The monoisotopic (exact) mass is 703 g/mol. The average molecular weight is 704 g/mol. The van der Waals surface area contributed by atoms with Crippen LogP contribution in [0.15, 0.2) is 33.6 Å². The van der Waals surface area contributed by atoms with Crippen LogP contribution in [0.4, 0.5) is 20.9 Å². The fraction of sp³-hybridized carbons (Fsp3) is 0.676. The lowest BCUT2D eigenvalue weighted by Gasteiger charge is -2.32. The number of anilines is 2. The number of hydrogen-bond donors (Lipinski definition) is 3. The van der Waals surface area contributed by atoms with Crippen LogP contribution in [0, 0.1) is 31.6 Å². The first kappa shape index (κ1) is 40.3. The largest absolute Gasteiger partial charge is 0.444 e. The Labute approximate surface area is 296 Å². The van der Waals surface area contributed by atoms with Crippen LogP contribution < -0.4 is 15.4 Å². The number of aromatic nitrogens is 1. The van der Waals surface area contributed by atoms with Crippen molar-refractivity contribution in [2.24, 2.45) is 17.8 Å². The SMILES string of the molecule is CCC(C=O)CCCC(CF)NC(=O)OC(C)(C)C.Cc1nc(NSc2ccc(NC(=O)C3C(C4CCCCC4)CCN3C)cc2)oc1C. The van der Waals surface area contributed by atoms with Crippen molar-refractivity contribution in [2.75, 3.05) is 30.3 Å². The standard InChI is InChI=1S/C23H32N4O2S.C14H26FNO3/c1-15-16(2)29-23(24-15)26-30-19-11-9-18(10-12-19)25-22(28)21-20(13-14-27(21)3)17-7-5-4-6-8-17;1-5-11(10-17)7-6-8-12(9-15)16-13(18)19-14(2,3)4/h9-12,17,20-21H,4-8,13-14H2,1-3H3,(H,24,26)(H,25,28);10-12H,5-9H2,1-4H3,(H,16,18). The second-order valence-electron chi connectivity index (χ2n) is 14.4. The highest BCUT2D eigenvalue weighted by Gasteiger charge is 2.41. The number of nitrogens with zero attached hydrogens (tertiary/aromatic N) is 2. The molecule has 12 heteroatoms. The minimum absolute atomic E-state index is 0.0136. The van der Waals surface area contributed by atoms with Gasteiger partial charge in [0.15, 0.2) is 0 Å². The molecule has 2 heterocycles. The van der Waals surface area contributed by atoms with E-state index in [1.807, 2.05) is 45.0 Å². The number of likely N-dealkylation sites (tertiary alicyclic amines) is 1. The third-order valence-corrected chi connectivity index (χ3v) is 10.2. The predicted molar refractivity (Wildman–Crippen MR) is 194 cm³/mol. The fourth-order valence-corrected chi connectivity index (χ4v) is 7.09. The molecule has 1 aliphatic carbocycles. The topological polar surface area (TPSA) is 126 Å². The maximum absolute atomic E-state index is 13.1. The number of alkyl halides is 1. The Morgan fingerprint density at radius 3 is 2.39 bits per heavy atom. The molecule has 2 amide bonds. The first-order chi connectivity index (χ1) is 23.3. The second-order valence-corrected chi connectivity index (χ2v) is 15.3. The van der Waals surface area contributed by atoms with Crippen molar-refractivity contribution in [1.82, 2.24) is 15.2 Å². The highest BCUT2D eigenvalue weighted by atomic mass is 32.2. The molecule has 4 rings (SSSR count). The summed E-state index contributed by atoms with van der Waals surface area (Å²) in [4.78, 5) is 42.8. The van der Waals surface area contributed by atoms with Crippen LogP contribution in [0.25, 0.3) is 0 Å². The van der Waals surface area contributed by atoms with E-state index in [0.717, 1.165) is 54.1 Å². The summed E-state index contributed by atoms with van der Waals surface area (Å²) in [7, 11) is 2.09. The van der Waals surface area contributed by atoms with Crippen LogP contribution in [-0.2, 0) is 14.3 Å². The molecule has 4 unspecified atom stereocenters. The Morgan fingerprint density at radius 2 is 1.82 bits per heavy atom. The van der Waals surface area contributed by atoms with E-state index >= 15 is 0 Å². The van der Waals surface area contributed by atoms with Gasteiger partial charge in [-0.15, -0.1) is 0 Å². The van der Waals surface area contributed by atoms with E-state index < -0.39 is 24.4 Å². The number of likely N-dealkylation sites (N-methyl/N-ethyl adjacent to an activating group) is 1. The minimum Gasteiger partial charge on any atom is -0.444 e. The van der Waals surface area contributed by atoms with Crippen LogP contribution in [0.3, 0.4) is 0 Å². The molecule has 2 fully saturated rings.